The first-order chi connectivity index (χ1) is 11.7. The molecular weight excluding hydrogens is 327 g/mol. The fourth-order valence-electron chi connectivity index (χ4n) is 2.18. The highest BCUT2D eigenvalue weighted by molar-refractivity contribution is 5.94. The Balaban J connectivity index is 2.42. The highest BCUT2D eigenvalue weighted by Crippen LogP contribution is 2.27. The zero-order valence-electron chi connectivity index (χ0n) is 14.4. The lowest BCUT2D eigenvalue weighted by Crippen LogP contribution is -2.21. The maximum absolute atomic E-state index is 14.0. The van der Waals surface area contributed by atoms with Gasteiger partial charge in [-0.2, -0.15) is 4.98 Å². The first-order valence-electron chi connectivity index (χ1n) is 7.34. The lowest BCUT2D eigenvalue weighted by atomic mass is 10.1. The predicted octanol–water partition coefficient (Wildman–Crippen LogP) is 1.43. The second kappa shape index (κ2) is 7.12. The van der Waals surface area contributed by atoms with Gasteiger partial charge in [-0.05, 0) is 24.6 Å². The topological polar surface area (TPSA) is 104 Å². The van der Waals surface area contributed by atoms with Crippen molar-refractivity contribution in [1.82, 2.24) is 9.97 Å². The first kappa shape index (κ1) is 18.1. The molecule has 1 aromatic heterocycles. The zero-order valence-corrected chi connectivity index (χ0v) is 14.4. The van der Waals surface area contributed by atoms with Crippen LogP contribution in [0.5, 0.6) is 0 Å². The van der Waals surface area contributed by atoms with Gasteiger partial charge in [0.25, 0.3) is 5.91 Å². The van der Waals surface area contributed by atoms with Crippen LogP contribution in [0.25, 0.3) is 0 Å². The van der Waals surface area contributed by atoms with Crippen molar-refractivity contribution in [2.45, 2.75) is 6.92 Å². The van der Waals surface area contributed by atoms with Crippen LogP contribution in [-0.2, 0) is 4.79 Å². The van der Waals surface area contributed by atoms with Crippen LogP contribution in [0.4, 0.5) is 27.5 Å². The summed E-state index contributed by atoms with van der Waals surface area (Å²) < 4.78 is 14.0. The molecular formula is C16H19FN6O2. The Hall–Kier alpha value is -3.23. The number of benzene rings is 1. The third kappa shape index (κ3) is 3.82. The fraction of sp³-hybridized carbons (Fsp3) is 0.250. The maximum atomic E-state index is 14.0. The van der Waals surface area contributed by atoms with Crippen LogP contribution in [0.1, 0.15) is 15.9 Å². The molecule has 2 rings (SSSR count). The van der Waals surface area contributed by atoms with E-state index < -0.39 is 11.7 Å². The van der Waals surface area contributed by atoms with Crippen molar-refractivity contribution in [2.24, 2.45) is 5.73 Å². The molecule has 1 aromatic carbocycles. The molecule has 0 aliphatic carbocycles. The molecule has 0 unspecified atom stereocenters. The van der Waals surface area contributed by atoms with Crippen LogP contribution < -0.4 is 20.9 Å². The van der Waals surface area contributed by atoms with E-state index in [9.17, 15) is 14.0 Å². The van der Waals surface area contributed by atoms with Crippen LogP contribution in [-0.4, -0.2) is 43.4 Å². The average molecular weight is 346 g/mol. The molecule has 0 spiro atoms. The average Bonchev–Trinajstić information content (AvgIpc) is 2.56. The van der Waals surface area contributed by atoms with E-state index in [1.807, 2.05) is 0 Å². The number of hydrogen-bond acceptors (Lipinski definition) is 6. The van der Waals surface area contributed by atoms with Gasteiger partial charge in [0.15, 0.2) is 5.82 Å². The van der Waals surface area contributed by atoms with Crippen molar-refractivity contribution in [2.75, 3.05) is 36.3 Å². The van der Waals surface area contributed by atoms with Gasteiger partial charge in [0.1, 0.15) is 5.82 Å². The van der Waals surface area contributed by atoms with Crippen molar-refractivity contribution in [3.63, 3.8) is 0 Å². The largest absolute Gasteiger partial charge is 0.373 e. The molecule has 0 bridgehead atoms. The number of hydrogen-bond donors (Lipinski definition) is 2. The summed E-state index contributed by atoms with van der Waals surface area (Å²) in [6, 6.07) is 2.51. The number of nitrogens with zero attached hydrogens (tertiary/aromatic N) is 4. The second-order valence-corrected chi connectivity index (χ2v) is 5.65. The molecule has 0 aliphatic heterocycles. The van der Waals surface area contributed by atoms with Gasteiger partial charge in [-0.3, -0.25) is 9.59 Å². The van der Waals surface area contributed by atoms with Gasteiger partial charge in [0.2, 0.25) is 12.4 Å². The number of nitrogens with one attached hydrogen (secondary N) is 1. The van der Waals surface area contributed by atoms with Gasteiger partial charge in [-0.25, -0.2) is 9.37 Å². The number of halogens is 1. The number of carbonyl (C=O) groups excluding carboxylic acids is 2. The van der Waals surface area contributed by atoms with E-state index in [1.54, 1.807) is 39.2 Å². The van der Waals surface area contributed by atoms with E-state index in [1.165, 1.54) is 11.0 Å². The van der Waals surface area contributed by atoms with Crippen LogP contribution in [0, 0.1) is 12.7 Å². The molecule has 0 fully saturated rings. The summed E-state index contributed by atoms with van der Waals surface area (Å²) in [6.07, 6.45) is 2.18. The van der Waals surface area contributed by atoms with Gasteiger partial charge in [-0.15, -0.1) is 0 Å². The van der Waals surface area contributed by atoms with Gasteiger partial charge >= 0.3 is 0 Å². The number of amides is 2. The van der Waals surface area contributed by atoms with Crippen molar-refractivity contribution in [3.8, 4) is 0 Å². The van der Waals surface area contributed by atoms with Crippen molar-refractivity contribution in [1.29, 1.82) is 0 Å². The van der Waals surface area contributed by atoms with Gasteiger partial charge < -0.3 is 20.9 Å². The lowest BCUT2D eigenvalue weighted by Gasteiger charge is -2.20. The highest BCUT2D eigenvalue weighted by atomic mass is 19.1. The number of aryl methyl sites for hydroxylation is 1. The van der Waals surface area contributed by atoms with E-state index in [0.717, 1.165) is 6.07 Å². The van der Waals surface area contributed by atoms with E-state index in [0.29, 0.717) is 29.2 Å². The summed E-state index contributed by atoms with van der Waals surface area (Å²) in [7, 11) is 5.17. The standard InChI is InChI=1S/C16H19FN6O2/c1-9-5-10(14(18)25)11(17)6-12(9)20-16-19-7-13(22(2)3)15(21-16)23(4)8-24/h5-8H,1-4H3,(H2,18,25)(H,19,20,21). The Morgan fingerprint density at radius 1 is 1.32 bits per heavy atom. The van der Waals surface area contributed by atoms with Crippen LogP contribution in [0.2, 0.25) is 0 Å². The van der Waals surface area contributed by atoms with E-state index in [2.05, 4.69) is 15.3 Å². The van der Waals surface area contributed by atoms with Crippen LogP contribution >= 0.6 is 0 Å². The van der Waals surface area contributed by atoms with Gasteiger partial charge in [0, 0.05) is 26.8 Å². The Morgan fingerprint density at radius 3 is 2.56 bits per heavy atom. The van der Waals surface area contributed by atoms with E-state index >= 15 is 0 Å². The molecule has 0 atom stereocenters. The number of aromatic nitrogens is 2. The molecule has 0 saturated heterocycles. The zero-order chi connectivity index (χ0) is 18.7. The molecule has 3 N–H and O–H groups in total. The summed E-state index contributed by atoms with van der Waals surface area (Å²) in [5, 5.41) is 2.89. The minimum atomic E-state index is -0.839. The van der Waals surface area contributed by atoms with Crippen LogP contribution in [0.15, 0.2) is 18.3 Å². The summed E-state index contributed by atoms with van der Waals surface area (Å²) in [5.41, 5.74) is 6.58. The first-order valence-corrected chi connectivity index (χ1v) is 7.34. The lowest BCUT2D eigenvalue weighted by molar-refractivity contribution is -0.107. The molecule has 8 nitrogen and oxygen atoms in total. The minimum Gasteiger partial charge on any atom is -0.373 e. The normalized spacial score (nSPS) is 10.3. The molecule has 0 saturated carbocycles. The van der Waals surface area contributed by atoms with E-state index in [-0.39, 0.29) is 11.5 Å². The Labute approximate surface area is 144 Å². The number of rotatable bonds is 6. The monoisotopic (exact) mass is 346 g/mol. The van der Waals surface area contributed by atoms with Gasteiger partial charge in [-0.1, -0.05) is 0 Å². The van der Waals surface area contributed by atoms with Crippen molar-refractivity contribution < 1.29 is 14.0 Å². The third-order valence-corrected chi connectivity index (χ3v) is 3.55. The third-order valence-electron chi connectivity index (χ3n) is 3.55. The smallest absolute Gasteiger partial charge is 0.251 e. The number of anilines is 4. The molecule has 2 aromatic rings. The molecule has 1 heterocycles. The summed E-state index contributed by atoms with van der Waals surface area (Å²) >= 11 is 0. The molecule has 0 radical (unpaired) electrons. The highest BCUT2D eigenvalue weighted by Gasteiger charge is 2.15. The number of primary amides is 1. The minimum absolute atomic E-state index is 0.184. The molecule has 2 amide bonds. The number of nitrogens with two attached hydrogens (primary N) is 1. The van der Waals surface area contributed by atoms with Gasteiger partial charge in [0.05, 0.1) is 17.4 Å². The molecule has 9 heteroatoms. The fourth-order valence-corrected chi connectivity index (χ4v) is 2.18. The van der Waals surface area contributed by atoms with Crippen molar-refractivity contribution >= 4 is 35.5 Å². The summed E-state index contributed by atoms with van der Waals surface area (Å²) in [5.74, 6) is -1.00. The quantitative estimate of drug-likeness (QED) is 0.767. The summed E-state index contributed by atoms with van der Waals surface area (Å²) in [4.78, 5) is 33.8. The van der Waals surface area contributed by atoms with Crippen molar-refractivity contribution in [3.05, 3.63) is 35.3 Å². The Morgan fingerprint density at radius 2 is 2.00 bits per heavy atom. The predicted molar refractivity (Wildman–Crippen MR) is 93.8 cm³/mol. The molecule has 0 aliphatic rings. The SMILES string of the molecule is Cc1cc(C(N)=O)c(F)cc1Nc1ncc(N(C)C)c(N(C)C=O)n1. The Kier molecular flexibility index (Phi) is 5.16. The Bertz CT molecular complexity index is 825. The molecule has 25 heavy (non-hydrogen) atoms. The van der Waals surface area contributed by atoms with Crippen LogP contribution in [0.3, 0.4) is 0 Å². The number of carbonyl (C=O) groups is 2. The summed E-state index contributed by atoms with van der Waals surface area (Å²) in [6.45, 7) is 1.70. The van der Waals surface area contributed by atoms with E-state index in [4.69, 9.17) is 5.73 Å². The maximum Gasteiger partial charge on any atom is 0.251 e. The second-order valence-electron chi connectivity index (χ2n) is 5.65. The molecule has 132 valence electrons.